The van der Waals surface area contributed by atoms with E-state index in [9.17, 15) is 4.79 Å². The molecule has 2 heterocycles. The molecule has 1 unspecified atom stereocenters. The van der Waals surface area contributed by atoms with Crippen LogP contribution in [0, 0.1) is 0 Å². The van der Waals surface area contributed by atoms with Crippen LogP contribution in [0.4, 0.5) is 9.93 Å². The molecule has 0 bridgehead atoms. The van der Waals surface area contributed by atoms with Gasteiger partial charge in [-0.2, -0.15) is 0 Å². The molecule has 2 N–H and O–H groups in total. The number of nitrogens with zero attached hydrogens (tertiary/aromatic N) is 2. The van der Waals surface area contributed by atoms with E-state index < -0.39 is 0 Å². The topological polar surface area (TPSA) is 57.3 Å². The standard InChI is InChI=1S/C12H20N4OS/c1-12(2,3)15-10(17)14-9-4-6-16(8-9)11-13-5-7-18-11/h5,7,9H,4,6,8H2,1-3H3,(H2,14,15,17). The molecule has 6 heteroatoms. The highest BCUT2D eigenvalue weighted by atomic mass is 32.1. The summed E-state index contributed by atoms with van der Waals surface area (Å²) in [5.74, 6) is 0. The van der Waals surface area contributed by atoms with Crippen molar-refractivity contribution in [2.75, 3.05) is 18.0 Å². The third kappa shape index (κ3) is 3.60. The molecule has 0 aliphatic carbocycles. The van der Waals surface area contributed by atoms with Crippen LogP contribution < -0.4 is 15.5 Å². The Hall–Kier alpha value is -1.30. The van der Waals surface area contributed by atoms with Gasteiger partial charge in [0.1, 0.15) is 0 Å². The van der Waals surface area contributed by atoms with E-state index in [1.165, 1.54) is 0 Å². The predicted octanol–water partition coefficient (Wildman–Crippen LogP) is 1.82. The van der Waals surface area contributed by atoms with Crippen LogP contribution in [0.1, 0.15) is 27.2 Å². The number of nitrogens with one attached hydrogen (secondary N) is 2. The third-order valence-electron chi connectivity index (χ3n) is 2.70. The molecule has 0 saturated carbocycles. The summed E-state index contributed by atoms with van der Waals surface area (Å²) in [5.41, 5.74) is -0.197. The Morgan fingerprint density at radius 1 is 1.56 bits per heavy atom. The molecule has 18 heavy (non-hydrogen) atoms. The van der Waals surface area contributed by atoms with E-state index >= 15 is 0 Å². The SMILES string of the molecule is CC(C)(C)NC(=O)NC1CCN(c2nccs2)C1. The normalized spacial score (nSPS) is 19.9. The zero-order valence-corrected chi connectivity index (χ0v) is 11.9. The number of urea groups is 1. The van der Waals surface area contributed by atoms with Crippen molar-refractivity contribution in [1.82, 2.24) is 15.6 Å². The van der Waals surface area contributed by atoms with Crippen molar-refractivity contribution in [3.05, 3.63) is 11.6 Å². The highest BCUT2D eigenvalue weighted by Crippen LogP contribution is 2.22. The van der Waals surface area contributed by atoms with Crippen molar-refractivity contribution in [3.8, 4) is 0 Å². The summed E-state index contributed by atoms with van der Waals surface area (Å²) in [7, 11) is 0. The Kier molecular flexibility index (Phi) is 3.75. The van der Waals surface area contributed by atoms with Gasteiger partial charge in [-0.05, 0) is 27.2 Å². The van der Waals surface area contributed by atoms with Crippen molar-refractivity contribution in [1.29, 1.82) is 0 Å². The maximum atomic E-state index is 11.8. The van der Waals surface area contributed by atoms with Crippen LogP contribution in [0.3, 0.4) is 0 Å². The summed E-state index contributed by atoms with van der Waals surface area (Å²) in [6, 6.07) is 0.115. The fourth-order valence-electron chi connectivity index (χ4n) is 1.99. The maximum absolute atomic E-state index is 11.8. The fraction of sp³-hybridized carbons (Fsp3) is 0.667. The Balaban J connectivity index is 1.81. The van der Waals surface area contributed by atoms with Gasteiger partial charge in [0, 0.05) is 36.2 Å². The summed E-state index contributed by atoms with van der Waals surface area (Å²) in [5, 5.41) is 8.94. The van der Waals surface area contributed by atoms with Gasteiger partial charge in [-0.1, -0.05) is 0 Å². The number of carbonyl (C=O) groups is 1. The first-order valence-electron chi connectivity index (χ1n) is 6.17. The molecule has 1 saturated heterocycles. The van der Waals surface area contributed by atoms with E-state index in [0.717, 1.165) is 24.6 Å². The minimum atomic E-state index is -0.197. The number of aromatic nitrogens is 1. The molecule has 1 aliphatic rings. The quantitative estimate of drug-likeness (QED) is 0.860. The first kappa shape index (κ1) is 13.1. The zero-order chi connectivity index (χ0) is 13.2. The van der Waals surface area contributed by atoms with E-state index in [-0.39, 0.29) is 17.6 Å². The lowest BCUT2D eigenvalue weighted by Crippen LogP contribution is -2.50. The van der Waals surface area contributed by atoms with Gasteiger partial charge in [0.25, 0.3) is 0 Å². The summed E-state index contributed by atoms with van der Waals surface area (Å²) in [6.45, 7) is 7.72. The molecular weight excluding hydrogens is 248 g/mol. The number of carbonyl (C=O) groups excluding carboxylic acids is 1. The number of anilines is 1. The average molecular weight is 268 g/mol. The lowest BCUT2D eigenvalue weighted by atomic mass is 10.1. The first-order chi connectivity index (χ1) is 8.44. The molecule has 0 aromatic carbocycles. The monoisotopic (exact) mass is 268 g/mol. The zero-order valence-electron chi connectivity index (χ0n) is 11.1. The van der Waals surface area contributed by atoms with E-state index in [1.807, 2.05) is 32.3 Å². The van der Waals surface area contributed by atoms with Crippen molar-refractivity contribution in [3.63, 3.8) is 0 Å². The first-order valence-corrected chi connectivity index (χ1v) is 7.05. The fourth-order valence-corrected chi connectivity index (χ4v) is 2.67. The van der Waals surface area contributed by atoms with Crippen LogP contribution in [0.5, 0.6) is 0 Å². The second-order valence-corrected chi connectivity index (χ2v) is 6.47. The molecular formula is C12H20N4OS. The van der Waals surface area contributed by atoms with Gasteiger partial charge < -0.3 is 15.5 Å². The summed E-state index contributed by atoms with van der Waals surface area (Å²) in [4.78, 5) is 18.3. The third-order valence-corrected chi connectivity index (χ3v) is 3.53. The number of hydrogen-bond acceptors (Lipinski definition) is 4. The Morgan fingerprint density at radius 3 is 2.94 bits per heavy atom. The van der Waals surface area contributed by atoms with Crippen molar-refractivity contribution < 1.29 is 4.79 Å². The lowest BCUT2D eigenvalue weighted by molar-refractivity contribution is 0.229. The van der Waals surface area contributed by atoms with Gasteiger partial charge in [-0.15, -0.1) is 11.3 Å². The number of hydrogen-bond donors (Lipinski definition) is 2. The molecule has 100 valence electrons. The number of thiazole rings is 1. The predicted molar refractivity (Wildman–Crippen MR) is 74.2 cm³/mol. The van der Waals surface area contributed by atoms with Crippen molar-refractivity contribution in [2.24, 2.45) is 0 Å². The summed E-state index contributed by atoms with van der Waals surface area (Å²) in [6.07, 6.45) is 2.78. The largest absolute Gasteiger partial charge is 0.346 e. The minimum absolute atomic E-state index is 0.0894. The molecule has 0 spiro atoms. The van der Waals surface area contributed by atoms with Crippen molar-refractivity contribution in [2.45, 2.75) is 38.8 Å². The maximum Gasteiger partial charge on any atom is 0.315 e. The van der Waals surface area contributed by atoms with Crippen molar-refractivity contribution >= 4 is 22.5 Å². The van der Waals surface area contributed by atoms with Gasteiger partial charge in [0.15, 0.2) is 5.13 Å². The second kappa shape index (κ2) is 5.14. The Morgan fingerprint density at radius 2 is 2.33 bits per heavy atom. The van der Waals surface area contributed by atoms with Crippen LogP contribution in [0.25, 0.3) is 0 Å². The summed E-state index contributed by atoms with van der Waals surface area (Å²) >= 11 is 1.64. The minimum Gasteiger partial charge on any atom is -0.346 e. The molecule has 1 fully saturated rings. The van der Waals surface area contributed by atoms with Gasteiger partial charge in [-0.3, -0.25) is 0 Å². The molecule has 1 aliphatic heterocycles. The molecule has 5 nitrogen and oxygen atoms in total. The van der Waals surface area contributed by atoms with Crippen LogP contribution >= 0.6 is 11.3 Å². The van der Waals surface area contributed by atoms with Crippen LogP contribution in [-0.4, -0.2) is 35.7 Å². The lowest BCUT2D eigenvalue weighted by Gasteiger charge is -2.22. The van der Waals surface area contributed by atoms with E-state index in [4.69, 9.17) is 0 Å². The van der Waals surface area contributed by atoms with Crippen LogP contribution in [0.15, 0.2) is 11.6 Å². The van der Waals surface area contributed by atoms with Gasteiger partial charge in [-0.25, -0.2) is 9.78 Å². The van der Waals surface area contributed by atoms with E-state index in [1.54, 1.807) is 11.3 Å². The van der Waals surface area contributed by atoms with Gasteiger partial charge in [0.2, 0.25) is 0 Å². The number of amides is 2. The summed E-state index contributed by atoms with van der Waals surface area (Å²) < 4.78 is 0. The molecule has 0 radical (unpaired) electrons. The van der Waals surface area contributed by atoms with Gasteiger partial charge in [0.05, 0.1) is 0 Å². The number of rotatable bonds is 2. The Bertz CT molecular complexity index is 399. The van der Waals surface area contributed by atoms with Crippen LogP contribution in [-0.2, 0) is 0 Å². The highest BCUT2D eigenvalue weighted by Gasteiger charge is 2.26. The van der Waals surface area contributed by atoms with Crippen LogP contribution in [0.2, 0.25) is 0 Å². The molecule has 1 aromatic heterocycles. The van der Waals surface area contributed by atoms with Gasteiger partial charge >= 0.3 is 6.03 Å². The van der Waals surface area contributed by atoms with E-state index in [0.29, 0.717) is 0 Å². The molecule has 1 atom stereocenters. The smallest absolute Gasteiger partial charge is 0.315 e. The average Bonchev–Trinajstić information content (AvgIpc) is 2.82. The molecule has 2 amide bonds. The highest BCUT2D eigenvalue weighted by molar-refractivity contribution is 7.13. The Labute approximate surface area is 112 Å². The second-order valence-electron chi connectivity index (χ2n) is 5.59. The van der Waals surface area contributed by atoms with E-state index in [2.05, 4.69) is 20.5 Å². The molecule has 1 aromatic rings. The molecule has 2 rings (SSSR count).